The highest BCUT2D eigenvalue weighted by Gasteiger charge is 2.05. The van der Waals surface area contributed by atoms with E-state index in [0.717, 1.165) is 24.5 Å². The Hall–Kier alpha value is -1.62. The van der Waals surface area contributed by atoms with Crippen LogP contribution in [0.3, 0.4) is 0 Å². The van der Waals surface area contributed by atoms with Crippen LogP contribution in [-0.2, 0) is 13.1 Å². The van der Waals surface area contributed by atoms with Gasteiger partial charge in [0.1, 0.15) is 0 Å². The van der Waals surface area contributed by atoms with Crippen molar-refractivity contribution in [1.82, 2.24) is 24.9 Å². The Bertz CT molecular complexity index is 509. The van der Waals surface area contributed by atoms with Crippen molar-refractivity contribution in [1.29, 1.82) is 0 Å². The molecule has 0 radical (unpaired) electrons. The molecule has 0 atom stereocenters. The molecule has 0 saturated carbocycles. The van der Waals surface area contributed by atoms with Crippen molar-refractivity contribution in [3.63, 3.8) is 0 Å². The molecule has 0 saturated heterocycles. The van der Waals surface area contributed by atoms with E-state index >= 15 is 0 Å². The van der Waals surface area contributed by atoms with Gasteiger partial charge in [0.05, 0.1) is 17.9 Å². The third kappa shape index (κ3) is 3.92. The summed E-state index contributed by atoms with van der Waals surface area (Å²) in [6.07, 6.45) is 4.02. The molecule has 1 N–H and O–H groups in total. The highest BCUT2D eigenvalue weighted by Crippen LogP contribution is 2.06. The molecule has 19 heavy (non-hydrogen) atoms. The summed E-state index contributed by atoms with van der Waals surface area (Å²) in [4.78, 5) is 0. The number of hydrogen-bond donors (Lipinski definition) is 1. The van der Waals surface area contributed by atoms with Crippen LogP contribution in [0.5, 0.6) is 0 Å². The summed E-state index contributed by atoms with van der Waals surface area (Å²) in [5.41, 5.74) is 2.11. The Morgan fingerprint density at radius 2 is 1.79 bits per heavy atom. The molecule has 2 aromatic heterocycles. The van der Waals surface area contributed by atoms with Gasteiger partial charge in [0, 0.05) is 31.0 Å². The molecule has 0 aliphatic carbocycles. The molecule has 0 aromatic carbocycles. The zero-order valence-corrected chi connectivity index (χ0v) is 12.2. The minimum atomic E-state index is 0.400. The summed E-state index contributed by atoms with van der Waals surface area (Å²) in [7, 11) is 0. The number of rotatable bonds is 6. The number of nitrogens with one attached hydrogen (secondary N) is 1. The lowest BCUT2D eigenvalue weighted by Gasteiger charge is -2.05. The second-order valence-electron chi connectivity index (χ2n) is 5.42. The Morgan fingerprint density at radius 1 is 1.05 bits per heavy atom. The summed E-state index contributed by atoms with van der Waals surface area (Å²) in [5.74, 6) is 0. The van der Waals surface area contributed by atoms with E-state index in [1.165, 1.54) is 0 Å². The molecular weight excluding hydrogens is 238 g/mol. The maximum Gasteiger partial charge on any atom is 0.0849 e. The van der Waals surface area contributed by atoms with E-state index in [2.05, 4.69) is 49.3 Å². The molecule has 0 aliphatic heterocycles. The Kier molecular flexibility index (Phi) is 4.37. The summed E-state index contributed by atoms with van der Waals surface area (Å²) in [5, 5.41) is 12.4. The first-order chi connectivity index (χ1) is 9.04. The SMILES string of the molecule is CC(C)NCc1ccn(Cc2ccn(C(C)C)n2)n1. The van der Waals surface area contributed by atoms with E-state index in [0.29, 0.717) is 12.1 Å². The normalized spacial score (nSPS) is 11.7. The number of aromatic nitrogens is 4. The predicted molar refractivity (Wildman–Crippen MR) is 75.9 cm³/mol. The van der Waals surface area contributed by atoms with Crippen LogP contribution < -0.4 is 5.32 Å². The van der Waals surface area contributed by atoms with Gasteiger partial charge in [-0.2, -0.15) is 10.2 Å². The van der Waals surface area contributed by atoms with Gasteiger partial charge in [0.15, 0.2) is 0 Å². The van der Waals surface area contributed by atoms with Crippen molar-refractivity contribution in [3.8, 4) is 0 Å². The van der Waals surface area contributed by atoms with E-state index in [1.807, 2.05) is 27.8 Å². The molecule has 0 fully saturated rings. The third-order valence-electron chi connectivity index (χ3n) is 2.90. The van der Waals surface area contributed by atoms with Crippen LogP contribution in [-0.4, -0.2) is 25.6 Å². The van der Waals surface area contributed by atoms with E-state index in [-0.39, 0.29) is 0 Å². The van der Waals surface area contributed by atoms with Gasteiger partial charge >= 0.3 is 0 Å². The maximum atomic E-state index is 4.54. The monoisotopic (exact) mass is 261 g/mol. The Balaban J connectivity index is 1.95. The molecule has 0 amide bonds. The average Bonchev–Trinajstić information content (AvgIpc) is 2.96. The molecule has 2 aromatic rings. The van der Waals surface area contributed by atoms with Crippen LogP contribution in [0.2, 0.25) is 0 Å². The van der Waals surface area contributed by atoms with Crippen LogP contribution in [0.4, 0.5) is 0 Å². The second kappa shape index (κ2) is 6.02. The zero-order chi connectivity index (χ0) is 13.8. The van der Waals surface area contributed by atoms with Gasteiger partial charge in [-0.3, -0.25) is 9.36 Å². The molecule has 5 nitrogen and oxygen atoms in total. The van der Waals surface area contributed by atoms with E-state index in [9.17, 15) is 0 Å². The van der Waals surface area contributed by atoms with Gasteiger partial charge in [0.25, 0.3) is 0 Å². The summed E-state index contributed by atoms with van der Waals surface area (Å²) < 4.78 is 3.91. The average molecular weight is 261 g/mol. The first kappa shape index (κ1) is 13.8. The lowest BCUT2D eigenvalue weighted by atomic mass is 10.3. The first-order valence-corrected chi connectivity index (χ1v) is 6.84. The molecule has 0 aliphatic rings. The fraction of sp³-hybridized carbons (Fsp3) is 0.571. The molecule has 104 valence electrons. The highest BCUT2D eigenvalue weighted by molar-refractivity contribution is 5.03. The molecule has 5 heteroatoms. The fourth-order valence-electron chi connectivity index (χ4n) is 1.81. The smallest absolute Gasteiger partial charge is 0.0849 e. The van der Waals surface area contributed by atoms with Gasteiger partial charge in [-0.05, 0) is 26.0 Å². The molecule has 0 spiro atoms. The largest absolute Gasteiger partial charge is 0.309 e. The van der Waals surface area contributed by atoms with Gasteiger partial charge in [-0.1, -0.05) is 13.8 Å². The fourth-order valence-corrected chi connectivity index (χ4v) is 1.81. The van der Waals surface area contributed by atoms with Gasteiger partial charge < -0.3 is 5.32 Å². The molecular formula is C14H23N5. The minimum absolute atomic E-state index is 0.400. The molecule has 0 unspecified atom stereocenters. The van der Waals surface area contributed by atoms with Crippen LogP contribution in [0.25, 0.3) is 0 Å². The Labute approximate surface area is 114 Å². The Morgan fingerprint density at radius 3 is 2.42 bits per heavy atom. The number of nitrogens with zero attached hydrogens (tertiary/aromatic N) is 4. The standard InChI is InChI=1S/C14H23N5/c1-11(2)15-9-13-5-7-18(16-13)10-14-6-8-19(17-14)12(3)4/h5-8,11-12,15H,9-10H2,1-4H3. The zero-order valence-electron chi connectivity index (χ0n) is 12.2. The molecule has 2 rings (SSSR count). The van der Waals surface area contributed by atoms with E-state index in [1.54, 1.807) is 0 Å². The summed E-state index contributed by atoms with van der Waals surface area (Å²) in [6, 6.07) is 4.98. The van der Waals surface area contributed by atoms with Crippen LogP contribution in [0, 0.1) is 0 Å². The van der Waals surface area contributed by atoms with Crippen LogP contribution in [0.1, 0.15) is 45.1 Å². The van der Waals surface area contributed by atoms with Crippen molar-refractivity contribution >= 4 is 0 Å². The quantitative estimate of drug-likeness (QED) is 0.867. The first-order valence-electron chi connectivity index (χ1n) is 6.84. The summed E-state index contributed by atoms with van der Waals surface area (Å²) >= 11 is 0. The van der Waals surface area contributed by atoms with E-state index < -0.39 is 0 Å². The minimum Gasteiger partial charge on any atom is -0.309 e. The maximum absolute atomic E-state index is 4.54. The van der Waals surface area contributed by atoms with Crippen molar-refractivity contribution in [2.75, 3.05) is 0 Å². The lowest BCUT2D eigenvalue weighted by molar-refractivity contribution is 0.519. The van der Waals surface area contributed by atoms with E-state index in [4.69, 9.17) is 0 Å². The summed E-state index contributed by atoms with van der Waals surface area (Å²) in [6.45, 7) is 10.1. The van der Waals surface area contributed by atoms with Crippen molar-refractivity contribution < 1.29 is 0 Å². The molecule has 0 bridgehead atoms. The third-order valence-corrected chi connectivity index (χ3v) is 2.90. The highest BCUT2D eigenvalue weighted by atomic mass is 15.3. The van der Waals surface area contributed by atoms with Crippen molar-refractivity contribution in [2.24, 2.45) is 0 Å². The topological polar surface area (TPSA) is 47.7 Å². The van der Waals surface area contributed by atoms with Crippen LogP contribution in [0.15, 0.2) is 24.5 Å². The van der Waals surface area contributed by atoms with Crippen molar-refractivity contribution in [3.05, 3.63) is 35.9 Å². The predicted octanol–water partition coefficient (Wildman–Crippen LogP) is 2.21. The lowest BCUT2D eigenvalue weighted by Crippen LogP contribution is -2.22. The number of hydrogen-bond acceptors (Lipinski definition) is 3. The van der Waals surface area contributed by atoms with Crippen LogP contribution >= 0.6 is 0 Å². The van der Waals surface area contributed by atoms with Gasteiger partial charge in [-0.25, -0.2) is 0 Å². The van der Waals surface area contributed by atoms with Gasteiger partial charge in [-0.15, -0.1) is 0 Å². The molecule has 2 heterocycles. The van der Waals surface area contributed by atoms with Crippen molar-refractivity contribution in [2.45, 2.75) is 52.9 Å². The second-order valence-corrected chi connectivity index (χ2v) is 5.42. The van der Waals surface area contributed by atoms with Gasteiger partial charge in [0.2, 0.25) is 0 Å².